The van der Waals surface area contributed by atoms with Gasteiger partial charge in [-0.2, -0.15) is 0 Å². The summed E-state index contributed by atoms with van der Waals surface area (Å²) >= 11 is 0. The van der Waals surface area contributed by atoms with Gasteiger partial charge in [0.2, 0.25) is 5.78 Å². The van der Waals surface area contributed by atoms with Crippen LogP contribution in [0.3, 0.4) is 0 Å². The summed E-state index contributed by atoms with van der Waals surface area (Å²) in [5.41, 5.74) is -6.83. The van der Waals surface area contributed by atoms with E-state index in [1.54, 1.807) is 20.8 Å². The zero-order chi connectivity index (χ0) is 29.5. The fourth-order valence-electron chi connectivity index (χ4n) is 8.29. The van der Waals surface area contributed by atoms with E-state index in [2.05, 4.69) is 0 Å². The number of aliphatic hydroxyl groups is 1. The number of aliphatic hydroxyl groups excluding tert-OH is 1. The first kappa shape index (κ1) is 29.0. The van der Waals surface area contributed by atoms with Gasteiger partial charge in [0.15, 0.2) is 29.4 Å². The van der Waals surface area contributed by atoms with Crippen molar-refractivity contribution in [1.82, 2.24) is 0 Å². The highest BCUT2D eigenvalue weighted by Gasteiger charge is 2.80. The van der Waals surface area contributed by atoms with Crippen molar-refractivity contribution < 1.29 is 57.1 Å². The minimum absolute atomic E-state index is 0.0380. The van der Waals surface area contributed by atoms with E-state index in [0.29, 0.717) is 0 Å². The van der Waals surface area contributed by atoms with Crippen LogP contribution < -0.4 is 0 Å². The van der Waals surface area contributed by atoms with Crippen molar-refractivity contribution in [3.05, 3.63) is 23.6 Å². The fraction of sp³-hybridized carbons (Fsp3) is 0.714. The van der Waals surface area contributed by atoms with Crippen molar-refractivity contribution in [2.24, 2.45) is 22.7 Å². The molecule has 1 heterocycles. The molecule has 4 aliphatic carbocycles. The molecule has 5 rings (SSSR count). The van der Waals surface area contributed by atoms with Gasteiger partial charge in [0.1, 0.15) is 19.0 Å². The number of hydrogen-bond donors (Lipinski definition) is 2. The summed E-state index contributed by atoms with van der Waals surface area (Å²) in [7, 11) is 0. The molecule has 1 aliphatic heterocycles. The van der Waals surface area contributed by atoms with Crippen LogP contribution in [0.15, 0.2) is 23.6 Å². The Kier molecular flexibility index (Phi) is 6.69. The van der Waals surface area contributed by atoms with Crippen LogP contribution in [0, 0.1) is 22.7 Å². The maximum Gasteiger partial charge on any atom is 0.332 e. The highest BCUT2D eigenvalue weighted by molar-refractivity contribution is 5.94. The number of fused-ring (bicyclic) bond motifs is 7. The normalized spacial score (nSPS) is 43.0. The maximum atomic E-state index is 17.4. The largest absolute Gasteiger partial charge is 0.480 e. The molecule has 2 saturated carbocycles. The molecular weight excluding hydrogens is 534 g/mol. The van der Waals surface area contributed by atoms with Crippen molar-refractivity contribution in [1.29, 1.82) is 0 Å². The Balaban J connectivity index is 1.49. The van der Waals surface area contributed by atoms with Crippen molar-refractivity contribution in [3.63, 3.8) is 0 Å². The number of rotatable bonds is 7. The summed E-state index contributed by atoms with van der Waals surface area (Å²) in [5, 5.41) is 20.2. The van der Waals surface area contributed by atoms with E-state index in [-0.39, 0.29) is 37.0 Å². The Hall–Kier alpha value is -2.54. The summed E-state index contributed by atoms with van der Waals surface area (Å²) in [6.45, 7) is 4.26. The van der Waals surface area contributed by atoms with Crippen LogP contribution in [-0.2, 0) is 38.1 Å². The fourth-order valence-corrected chi connectivity index (χ4v) is 8.29. The van der Waals surface area contributed by atoms with Crippen LogP contribution in [0.4, 0.5) is 8.78 Å². The molecule has 0 bridgehead atoms. The van der Waals surface area contributed by atoms with E-state index in [0.717, 1.165) is 0 Å². The second-order valence-corrected chi connectivity index (χ2v) is 12.4. The highest BCUT2D eigenvalue weighted by Crippen LogP contribution is 2.72. The van der Waals surface area contributed by atoms with Gasteiger partial charge in [0.05, 0.1) is 12.2 Å². The topological polar surface area (TPSA) is 146 Å². The van der Waals surface area contributed by atoms with Crippen LogP contribution in [0.5, 0.6) is 0 Å². The highest BCUT2D eigenvalue weighted by atomic mass is 19.1. The van der Waals surface area contributed by atoms with Gasteiger partial charge in [-0.05, 0) is 51.2 Å². The summed E-state index contributed by atoms with van der Waals surface area (Å²) in [6, 6.07) is 0. The molecule has 1 saturated heterocycles. The number of hydrogen-bond acceptors (Lipinski definition) is 9. The van der Waals surface area contributed by atoms with E-state index in [1.165, 1.54) is 19.1 Å². The molecule has 0 radical (unpaired) electrons. The van der Waals surface area contributed by atoms with Crippen LogP contribution in [0.25, 0.3) is 0 Å². The van der Waals surface area contributed by atoms with Gasteiger partial charge in [0, 0.05) is 29.6 Å². The zero-order valence-corrected chi connectivity index (χ0v) is 22.8. The lowest BCUT2D eigenvalue weighted by Crippen LogP contribution is -2.70. The Morgan fingerprint density at radius 1 is 1.12 bits per heavy atom. The van der Waals surface area contributed by atoms with Crippen LogP contribution >= 0.6 is 0 Å². The summed E-state index contributed by atoms with van der Waals surface area (Å²) in [6.07, 6.45) is -0.670. The number of alkyl halides is 1. The number of carboxylic acids is 1. The minimum atomic E-state index is -2.33. The van der Waals surface area contributed by atoms with Gasteiger partial charge in [-0.15, -0.1) is 0 Å². The number of ether oxygens (including phenoxy) is 4. The number of Topliss-reactive ketones (excluding diaryl/α,β-unsaturated/α-hetero) is 1. The van der Waals surface area contributed by atoms with E-state index in [9.17, 15) is 24.3 Å². The van der Waals surface area contributed by atoms with Crippen LogP contribution in [0.1, 0.15) is 53.4 Å². The molecule has 0 aromatic carbocycles. The monoisotopic (exact) mass is 568 g/mol. The lowest BCUT2D eigenvalue weighted by atomic mass is 9.45. The second-order valence-electron chi connectivity index (χ2n) is 12.4. The van der Waals surface area contributed by atoms with Gasteiger partial charge >= 0.3 is 11.9 Å². The second kappa shape index (κ2) is 9.23. The van der Waals surface area contributed by atoms with Crippen molar-refractivity contribution in [2.45, 2.75) is 82.6 Å². The first-order valence-corrected chi connectivity index (χ1v) is 13.4. The Labute approximate surface area is 229 Å². The van der Waals surface area contributed by atoms with E-state index in [4.69, 9.17) is 24.1 Å². The van der Waals surface area contributed by atoms with Crippen molar-refractivity contribution in [3.8, 4) is 0 Å². The summed E-state index contributed by atoms with van der Waals surface area (Å²) < 4.78 is 55.3. The molecule has 40 heavy (non-hydrogen) atoms. The number of ketones is 2. The number of aliphatic carboxylic acids is 1. The molecule has 5 aliphatic rings. The molecule has 2 N–H and O–H groups in total. The lowest BCUT2D eigenvalue weighted by Gasteiger charge is -2.62. The molecule has 3 fully saturated rings. The van der Waals surface area contributed by atoms with E-state index >= 15 is 8.78 Å². The summed E-state index contributed by atoms with van der Waals surface area (Å²) in [4.78, 5) is 48.7. The third-order valence-corrected chi connectivity index (χ3v) is 9.88. The van der Waals surface area contributed by atoms with Crippen molar-refractivity contribution in [2.75, 3.05) is 19.8 Å². The molecule has 5 unspecified atom stereocenters. The maximum absolute atomic E-state index is 17.4. The predicted octanol–water partition coefficient (Wildman–Crippen LogP) is 2.37. The average Bonchev–Trinajstić information content (AvgIpc) is 3.26. The third-order valence-electron chi connectivity index (χ3n) is 9.88. The minimum Gasteiger partial charge on any atom is -0.480 e. The van der Waals surface area contributed by atoms with Gasteiger partial charge in [-0.25, -0.2) is 18.4 Å². The molecular formula is C28H34F2O10. The molecule has 8 atom stereocenters. The first-order chi connectivity index (χ1) is 18.5. The van der Waals surface area contributed by atoms with Gasteiger partial charge in [-0.3, -0.25) is 9.59 Å². The van der Waals surface area contributed by atoms with Crippen LogP contribution in [-0.4, -0.2) is 82.8 Å². The Morgan fingerprint density at radius 2 is 1.82 bits per heavy atom. The molecule has 220 valence electrons. The molecule has 12 heteroatoms. The quantitative estimate of drug-likeness (QED) is 0.439. The number of carboxylic acid groups (broad SMARTS) is 1. The van der Waals surface area contributed by atoms with E-state index in [1.807, 2.05) is 0 Å². The Morgan fingerprint density at radius 3 is 2.50 bits per heavy atom. The SMILES string of the molecule is CC1(C)O[C@@H]2CC3C4CC(F)=C5CC(=O)C=CC5(C)[C@@]4(F)[C@@H](O)CC3(C)C2(C(=O)COC(=O)COCC(=O)O)O1. The first-order valence-electron chi connectivity index (χ1n) is 13.4. The predicted molar refractivity (Wildman–Crippen MR) is 131 cm³/mol. The average molecular weight is 569 g/mol. The van der Waals surface area contributed by atoms with Gasteiger partial charge in [0.25, 0.3) is 0 Å². The molecule has 0 spiro atoms. The van der Waals surface area contributed by atoms with Gasteiger partial charge in [-0.1, -0.05) is 13.0 Å². The molecule has 0 aromatic heterocycles. The van der Waals surface area contributed by atoms with Gasteiger partial charge < -0.3 is 29.2 Å². The number of halogens is 2. The number of carbonyl (C=O) groups excluding carboxylic acids is 3. The molecule has 0 aromatic rings. The molecule has 0 amide bonds. The Bertz CT molecular complexity index is 1230. The smallest absolute Gasteiger partial charge is 0.332 e. The molecule has 10 nitrogen and oxygen atoms in total. The lowest BCUT2D eigenvalue weighted by molar-refractivity contribution is -0.244. The third kappa shape index (κ3) is 3.86. The number of allylic oxidation sites excluding steroid dienone is 4. The van der Waals surface area contributed by atoms with Crippen LogP contribution in [0.2, 0.25) is 0 Å². The number of esters is 1. The number of carbonyl (C=O) groups is 4. The zero-order valence-electron chi connectivity index (χ0n) is 22.8. The standard InChI is InChI=1S/C28H34F2O10/c1-24(2)39-21-9-15-16-8-18(29)17-7-14(31)5-6-25(17,3)27(16,30)19(32)10-26(15,4)28(21,40-24)20(33)11-38-23(36)13-37-12-22(34)35/h5-6,15-16,19,21,32H,7-13H2,1-4H3,(H,34,35)/t15?,16?,19-,21+,25?,26?,27-,28?/m0/s1. The summed E-state index contributed by atoms with van der Waals surface area (Å²) in [5.74, 6) is -6.82. The van der Waals surface area contributed by atoms with E-state index < -0.39 is 95.3 Å². The van der Waals surface area contributed by atoms with Crippen molar-refractivity contribution >= 4 is 23.5 Å².